The maximum atomic E-state index is 10.4. The van der Waals surface area contributed by atoms with Crippen LogP contribution < -0.4 is 11.1 Å². The molecule has 0 radical (unpaired) electrons. The molecule has 2 rings (SSSR count). The minimum Gasteiger partial charge on any atom is -0.372 e. The lowest BCUT2D eigenvalue weighted by atomic mass is 10.3. The van der Waals surface area contributed by atoms with Gasteiger partial charge in [-0.05, 0) is 7.05 Å². The number of carbonyl (C=O) groups excluding carboxylic acids is 2. The fraction of sp³-hybridized carbons (Fsp3) is 0.167. The maximum absolute atomic E-state index is 10.4. The summed E-state index contributed by atoms with van der Waals surface area (Å²) in [6.45, 7) is 0. The molecule has 0 amide bonds. The van der Waals surface area contributed by atoms with Gasteiger partial charge in [-0.15, -0.1) is 0 Å². The molecule has 0 aliphatic carbocycles. The first-order chi connectivity index (χ1) is 11.0. The minimum absolute atomic E-state index is 0.0787. The van der Waals surface area contributed by atoms with Crippen LogP contribution in [0, 0.1) is 0 Å². The van der Waals surface area contributed by atoms with Crippen molar-refractivity contribution in [3.05, 3.63) is 39.2 Å². The van der Waals surface area contributed by atoms with E-state index in [9.17, 15) is 9.59 Å². The summed E-state index contributed by atoms with van der Waals surface area (Å²) >= 11 is 16.5. The molecule has 0 bridgehead atoms. The van der Waals surface area contributed by atoms with Crippen LogP contribution in [0.25, 0.3) is 0 Å². The molecular formula is C12H13Cl3N6O2. The summed E-state index contributed by atoms with van der Waals surface area (Å²) in [7, 11) is 3.16. The van der Waals surface area contributed by atoms with E-state index in [1.807, 2.05) is 0 Å². The van der Waals surface area contributed by atoms with E-state index in [4.69, 9.17) is 34.8 Å². The van der Waals surface area contributed by atoms with Crippen molar-refractivity contribution >= 4 is 53.2 Å². The molecule has 0 saturated carbocycles. The van der Waals surface area contributed by atoms with Crippen molar-refractivity contribution in [1.29, 1.82) is 0 Å². The molecule has 0 unspecified atom stereocenters. The zero-order chi connectivity index (χ0) is 17.8. The number of aromatic nitrogens is 4. The predicted octanol–water partition coefficient (Wildman–Crippen LogP) is 2.15. The van der Waals surface area contributed by atoms with Crippen molar-refractivity contribution in [3.8, 4) is 0 Å². The first-order valence-electron chi connectivity index (χ1n) is 5.87. The van der Waals surface area contributed by atoms with Crippen LogP contribution in [-0.2, 0) is 0 Å². The van der Waals surface area contributed by atoms with Gasteiger partial charge in [-0.25, -0.2) is 19.9 Å². The molecule has 2 heterocycles. The number of rotatable bonds is 3. The number of nitrogens with zero attached hydrogens (tertiary/aromatic N) is 4. The fourth-order valence-corrected chi connectivity index (χ4v) is 1.71. The average molecular weight is 380 g/mol. The number of nitrogens with two attached hydrogens (primary N) is 1. The van der Waals surface area contributed by atoms with Crippen LogP contribution in [0.4, 0.5) is 5.82 Å². The van der Waals surface area contributed by atoms with Crippen LogP contribution >= 0.6 is 34.8 Å². The zero-order valence-corrected chi connectivity index (χ0v) is 14.4. The highest BCUT2D eigenvalue weighted by Crippen LogP contribution is 2.16. The molecule has 0 aromatic carbocycles. The number of anilines is 1. The maximum Gasteiger partial charge on any atom is 0.156 e. The number of nitrogens with one attached hydrogen (secondary N) is 1. The first-order valence-corrected chi connectivity index (χ1v) is 7.00. The van der Waals surface area contributed by atoms with E-state index in [0.717, 1.165) is 0 Å². The Balaban J connectivity index is 0.000000381. The van der Waals surface area contributed by atoms with Gasteiger partial charge in [-0.1, -0.05) is 34.8 Å². The molecule has 8 nitrogen and oxygen atoms in total. The van der Waals surface area contributed by atoms with Crippen LogP contribution in [0.1, 0.15) is 20.7 Å². The molecule has 2 aromatic rings. The van der Waals surface area contributed by atoms with Crippen molar-refractivity contribution in [1.82, 2.24) is 19.9 Å². The van der Waals surface area contributed by atoms with Crippen molar-refractivity contribution in [2.24, 2.45) is 5.73 Å². The Morgan fingerprint density at radius 2 is 1.26 bits per heavy atom. The van der Waals surface area contributed by atoms with Gasteiger partial charge in [0.15, 0.2) is 12.6 Å². The number of carbonyl (C=O) groups is 2. The van der Waals surface area contributed by atoms with E-state index in [2.05, 4.69) is 31.0 Å². The van der Waals surface area contributed by atoms with Crippen molar-refractivity contribution in [2.45, 2.75) is 0 Å². The van der Waals surface area contributed by atoms with Crippen molar-refractivity contribution in [2.75, 3.05) is 19.4 Å². The second kappa shape index (κ2) is 11.7. The SMILES string of the molecule is CN.CNc1ncnc(Cl)c1C=O.O=Cc1c(Cl)ncnc1Cl. The lowest BCUT2D eigenvalue weighted by Gasteiger charge is -2.01. The molecule has 11 heteroatoms. The Morgan fingerprint density at radius 3 is 1.57 bits per heavy atom. The summed E-state index contributed by atoms with van der Waals surface area (Å²) < 4.78 is 0. The Kier molecular flexibility index (Phi) is 10.7. The van der Waals surface area contributed by atoms with E-state index in [1.165, 1.54) is 19.7 Å². The van der Waals surface area contributed by atoms with Crippen molar-refractivity contribution in [3.63, 3.8) is 0 Å². The van der Waals surface area contributed by atoms with Crippen LogP contribution in [0.15, 0.2) is 12.7 Å². The lowest BCUT2D eigenvalue weighted by Crippen LogP contribution is -1.99. The van der Waals surface area contributed by atoms with E-state index in [0.29, 0.717) is 18.4 Å². The molecule has 0 aliphatic heterocycles. The zero-order valence-electron chi connectivity index (χ0n) is 12.1. The number of hydrogen-bond acceptors (Lipinski definition) is 8. The highest BCUT2D eigenvalue weighted by molar-refractivity contribution is 6.36. The minimum atomic E-state index is 0.0787. The highest BCUT2D eigenvalue weighted by Gasteiger charge is 2.06. The quantitative estimate of drug-likeness (QED) is 0.614. The number of halogens is 3. The number of hydrogen-bond donors (Lipinski definition) is 2. The predicted molar refractivity (Wildman–Crippen MR) is 89.5 cm³/mol. The molecular weight excluding hydrogens is 367 g/mol. The van der Waals surface area contributed by atoms with Gasteiger partial charge in [-0.3, -0.25) is 9.59 Å². The lowest BCUT2D eigenvalue weighted by molar-refractivity contribution is 0.111. The van der Waals surface area contributed by atoms with Crippen LogP contribution in [0.2, 0.25) is 15.5 Å². The third kappa shape index (κ3) is 6.41. The van der Waals surface area contributed by atoms with Crippen molar-refractivity contribution < 1.29 is 9.59 Å². The van der Waals surface area contributed by atoms with E-state index in [-0.39, 0.29) is 26.6 Å². The van der Waals surface area contributed by atoms with E-state index >= 15 is 0 Å². The third-order valence-corrected chi connectivity index (χ3v) is 3.00. The van der Waals surface area contributed by atoms with Crippen LogP contribution in [0.3, 0.4) is 0 Å². The second-order valence-electron chi connectivity index (χ2n) is 3.28. The Hall–Kier alpha value is -1.87. The standard InChI is InChI=1S/C6H6ClN3O.C5H2Cl2N2O.CH5N/c1-8-6-4(2-11)5(7)9-3-10-6;6-4-3(1-10)5(7)9-2-8-4;1-2/h2-3H,1H3,(H,8,9,10);1-2H;2H2,1H3. The Labute approximate surface area is 147 Å². The molecule has 0 aliphatic rings. The summed E-state index contributed by atoms with van der Waals surface area (Å²) in [5.74, 6) is 0.444. The largest absolute Gasteiger partial charge is 0.372 e. The molecule has 23 heavy (non-hydrogen) atoms. The van der Waals surface area contributed by atoms with Gasteiger partial charge in [0.05, 0.1) is 11.1 Å². The van der Waals surface area contributed by atoms with Gasteiger partial charge < -0.3 is 11.1 Å². The van der Waals surface area contributed by atoms with Gasteiger partial charge in [0.25, 0.3) is 0 Å². The summed E-state index contributed by atoms with van der Waals surface area (Å²) in [5, 5.41) is 3.04. The third-order valence-electron chi connectivity index (χ3n) is 2.09. The van der Waals surface area contributed by atoms with Gasteiger partial charge in [-0.2, -0.15) is 0 Å². The number of aldehydes is 2. The van der Waals surface area contributed by atoms with Gasteiger partial charge >= 0.3 is 0 Å². The molecule has 0 saturated heterocycles. The fourth-order valence-electron chi connectivity index (χ4n) is 1.13. The highest BCUT2D eigenvalue weighted by atomic mass is 35.5. The molecule has 0 spiro atoms. The summed E-state index contributed by atoms with van der Waals surface area (Å²) in [6, 6.07) is 0. The first kappa shape index (κ1) is 21.1. The van der Waals surface area contributed by atoms with Crippen LogP contribution in [-0.4, -0.2) is 46.6 Å². The molecule has 2 aromatic heterocycles. The smallest absolute Gasteiger partial charge is 0.156 e. The average Bonchev–Trinajstić information content (AvgIpc) is 2.57. The van der Waals surface area contributed by atoms with E-state index < -0.39 is 0 Å². The molecule has 3 N–H and O–H groups in total. The van der Waals surface area contributed by atoms with Crippen LogP contribution in [0.5, 0.6) is 0 Å². The van der Waals surface area contributed by atoms with Gasteiger partial charge in [0.1, 0.15) is 33.9 Å². The summed E-state index contributed by atoms with van der Waals surface area (Å²) in [5.41, 5.74) is 4.92. The van der Waals surface area contributed by atoms with E-state index in [1.54, 1.807) is 7.05 Å². The topological polar surface area (TPSA) is 124 Å². The Bertz CT molecular complexity index is 636. The molecule has 0 atom stereocenters. The monoisotopic (exact) mass is 378 g/mol. The normalized spacial score (nSPS) is 8.78. The molecule has 0 fully saturated rings. The second-order valence-corrected chi connectivity index (χ2v) is 4.36. The summed E-state index contributed by atoms with van der Waals surface area (Å²) in [4.78, 5) is 35.1. The van der Waals surface area contributed by atoms with Gasteiger partial charge in [0, 0.05) is 7.05 Å². The summed E-state index contributed by atoms with van der Waals surface area (Å²) in [6.07, 6.45) is 3.62. The molecule has 124 valence electrons. The van der Waals surface area contributed by atoms with Gasteiger partial charge in [0.2, 0.25) is 0 Å². The Morgan fingerprint density at radius 1 is 0.870 bits per heavy atom.